The molecule has 4 N–H and O–H groups in total. The van der Waals surface area contributed by atoms with Crippen molar-refractivity contribution in [2.45, 2.75) is 31.7 Å². The summed E-state index contributed by atoms with van der Waals surface area (Å²) in [6, 6.07) is 6.78. The van der Waals surface area contributed by atoms with Crippen molar-refractivity contribution < 1.29 is 27.5 Å². The number of benzene rings is 1. The van der Waals surface area contributed by atoms with E-state index < -0.39 is 24.8 Å². The lowest BCUT2D eigenvalue weighted by atomic mass is 10.1. The van der Waals surface area contributed by atoms with Crippen molar-refractivity contribution in [3.63, 3.8) is 0 Å². The number of anilines is 1. The van der Waals surface area contributed by atoms with Gasteiger partial charge in [-0.25, -0.2) is 14.3 Å². The van der Waals surface area contributed by atoms with Crippen molar-refractivity contribution in [3.05, 3.63) is 54.5 Å². The second-order valence-corrected chi connectivity index (χ2v) is 9.22. The highest BCUT2D eigenvalue weighted by atomic mass is 19.4. The van der Waals surface area contributed by atoms with E-state index in [4.69, 9.17) is 10.1 Å². The number of amides is 3. The summed E-state index contributed by atoms with van der Waals surface area (Å²) in [6.45, 7) is 1.50. The van der Waals surface area contributed by atoms with Crippen LogP contribution in [0, 0.1) is 5.41 Å². The third kappa shape index (κ3) is 6.94. The van der Waals surface area contributed by atoms with Crippen LogP contribution in [0.4, 0.5) is 23.7 Å². The summed E-state index contributed by atoms with van der Waals surface area (Å²) < 4.78 is 43.9. The lowest BCUT2D eigenvalue weighted by Gasteiger charge is -2.21. The number of nitrogens with one attached hydrogen (secondary N) is 4. The molecule has 0 radical (unpaired) electrons. The zero-order valence-electron chi connectivity index (χ0n) is 21.8. The minimum Gasteiger partial charge on any atom is -0.380 e. The molecule has 2 aromatic heterocycles. The molecule has 1 fully saturated rings. The summed E-state index contributed by atoms with van der Waals surface area (Å²) in [5.74, 6) is -0.0545. The first-order chi connectivity index (χ1) is 19.1. The monoisotopic (exact) mass is 558 g/mol. The van der Waals surface area contributed by atoms with Gasteiger partial charge < -0.3 is 31.0 Å². The number of methoxy groups -OCH3 is 1. The smallest absolute Gasteiger partial charge is 0.380 e. The number of imidazole rings is 1. The number of likely N-dealkylation sites (tertiary alicyclic amines) is 1. The Balaban J connectivity index is 1.46. The highest BCUT2D eigenvalue weighted by Crippen LogP contribution is 2.24. The highest BCUT2D eigenvalue weighted by molar-refractivity contribution is 6.08. The summed E-state index contributed by atoms with van der Waals surface area (Å²) in [4.78, 5) is 30.7. The molecule has 1 aliphatic heterocycles. The first-order valence-corrected chi connectivity index (χ1v) is 12.4. The molecule has 2 unspecified atom stereocenters. The Labute approximate surface area is 227 Å². The molecule has 0 aliphatic carbocycles. The molecule has 3 aromatic rings. The van der Waals surface area contributed by atoms with Gasteiger partial charge in [0.05, 0.1) is 24.2 Å². The maximum atomic E-state index is 12.7. The molecule has 1 saturated heterocycles. The fraction of sp³-hybridized carbons (Fsp3) is 0.346. The number of fused-ring (bicyclic) bond motifs is 1. The number of rotatable bonds is 9. The molecule has 11 nitrogen and oxygen atoms in total. The van der Waals surface area contributed by atoms with Crippen molar-refractivity contribution in [2.75, 3.05) is 32.1 Å². The van der Waals surface area contributed by atoms with Crippen LogP contribution in [0.25, 0.3) is 22.5 Å². The van der Waals surface area contributed by atoms with Gasteiger partial charge in [-0.3, -0.25) is 4.79 Å². The molecule has 4 rings (SSSR count). The van der Waals surface area contributed by atoms with E-state index in [9.17, 15) is 22.8 Å². The van der Waals surface area contributed by atoms with Crippen LogP contribution in [0.3, 0.4) is 0 Å². The second kappa shape index (κ2) is 12.2. The van der Waals surface area contributed by atoms with Crippen LogP contribution >= 0.6 is 0 Å². The Morgan fingerprint density at radius 1 is 1.27 bits per heavy atom. The largest absolute Gasteiger partial charge is 0.405 e. The van der Waals surface area contributed by atoms with Gasteiger partial charge in [0.1, 0.15) is 12.6 Å². The van der Waals surface area contributed by atoms with Crippen LogP contribution in [0.1, 0.15) is 18.9 Å². The second-order valence-electron chi connectivity index (χ2n) is 9.22. The maximum Gasteiger partial charge on any atom is 0.405 e. The number of hydrogen-bond donors (Lipinski definition) is 4. The van der Waals surface area contributed by atoms with Crippen LogP contribution in [-0.4, -0.2) is 82.7 Å². The number of carbonyl (C=O) groups excluding carboxylic acids is 2. The summed E-state index contributed by atoms with van der Waals surface area (Å²) in [5, 5.41) is 19.5. The molecule has 40 heavy (non-hydrogen) atoms. The Morgan fingerprint density at radius 2 is 2.08 bits per heavy atom. The van der Waals surface area contributed by atoms with E-state index >= 15 is 0 Å². The lowest BCUT2D eigenvalue weighted by molar-refractivity contribution is -0.132. The minimum atomic E-state index is -4.51. The minimum absolute atomic E-state index is 0.0440. The number of halogens is 3. The number of carbonyl (C=O) groups is 2. The molecule has 0 spiro atoms. The summed E-state index contributed by atoms with van der Waals surface area (Å²) in [6.07, 6.45) is 2.20. The van der Waals surface area contributed by atoms with E-state index in [-0.39, 0.29) is 12.0 Å². The first-order valence-electron chi connectivity index (χ1n) is 12.4. The molecule has 2 atom stereocenters. The number of alkyl halides is 3. The third-order valence-electron chi connectivity index (χ3n) is 6.36. The summed E-state index contributed by atoms with van der Waals surface area (Å²) >= 11 is 0. The maximum absolute atomic E-state index is 12.7. The van der Waals surface area contributed by atoms with Gasteiger partial charge in [-0.05, 0) is 31.5 Å². The Kier molecular flexibility index (Phi) is 8.67. The van der Waals surface area contributed by atoms with Crippen molar-refractivity contribution >= 4 is 35.1 Å². The Hall–Kier alpha value is -4.46. The number of aromatic nitrogens is 3. The highest BCUT2D eigenvalue weighted by Gasteiger charge is 2.29. The van der Waals surface area contributed by atoms with Crippen LogP contribution in [-0.2, 0) is 9.53 Å². The topological polar surface area (TPSA) is 137 Å². The predicted molar refractivity (Wildman–Crippen MR) is 143 cm³/mol. The molecular weight excluding hydrogens is 529 g/mol. The third-order valence-corrected chi connectivity index (χ3v) is 6.36. The van der Waals surface area contributed by atoms with E-state index in [0.29, 0.717) is 46.8 Å². The van der Waals surface area contributed by atoms with Gasteiger partial charge in [0.2, 0.25) is 5.91 Å². The fourth-order valence-electron chi connectivity index (χ4n) is 4.23. The van der Waals surface area contributed by atoms with Gasteiger partial charge in [-0.15, -0.1) is 0 Å². The number of allylic oxidation sites excluding steroid dienone is 1. The van der Waals surface area contributed by atoms with Crippen molar-refractivity contribution in [1.29, 1.82) is 5.41 Å². The van der Waals surface area contributed by atoms with Crippen LogP contribution < -0.4 is 16.0 Å². The SMILES string of the molecule is COC1CCN(C(=O)C(C)N/C=C(\C=N)c2cnn3c(-c4cccc(NC(=O)NCC(F)(F)F)c4)cnc3c2)C1. The molecule has 3 heterocycles. The van der Waals surface area contributed by atoms with Gasteiger partial charge in [0.25, 0.3) is 0 Å². The molecule has 3 amide bonds. The van der Waals surface area contributed by atoms with Crippen LogP contribution in [0.15, 0.2) is 48.9 Å². The van der Waals surface area contributed by atoms with Crippen LogP contribution in [0.2, 0.25) is 0 Å². The van der Waals surface area contributed by atoms with Crippen molar-refractivity contribution in [2.24, 2.45) is 0 Å². The zero-order chi connectivity index (χ0) is 28.9. The van der Waals surface area contributed by atoms with Crippen LogP contribution in [0.5, 0.6) is 0 Å². The number of nitrogens with zero attached hydrogens (tertiary/aromatic N) is 4. The number of hydrogen-bond acceptors (Lipinski definition) is 7. The molecule has 0 bridgehead atoms. The normalized spacial score (nSPS) is 16.6. The average molecular weight is 559 g/mol. The van der Waals surface area contributed by atoms with Crippen molar-refractivity contribution in [1.82, 2.24) is 30.1 Å². The molecule has 1 aliphatic rings. The zero-order valence-corrected chi connectivity index (χ0v) is 21.8. The fourth-order valence-corrected chi connectivity index (χ4v) is 4.23. The van der Waals surface area contributed by atoms with E-state index in [2.05, 4.69) is 20.7 Å². The van der Waals surface area contributed by atoms with Gasteiger partial charge in [-0.2, -0.15) is 18.3 Å². The molecule has 1 aromatic carbocycles. The molecule has 14 heteroatoms. The van der Waals surface area contributed by atoms with Crippen molar-refractivity contribution in [3.8, 4) is 11.3 Å². The molecular formula is C26H29F3N8O3. The van der Waals surface area contributed by atoms with E-state index in [1.807, 2.05) is 0 Å². The Bertz CT molecular complexity index is 1420. The lowest BCUT2D eigenvalue weighted by Crippen LogP contribution is -2.42. The average Bonchev–Trinajstić information content (AvgIpc) is 3.59. The Morgan fingerprint density at radius 3 is 2.77 bits per heavy atom. The van der Waals surface area contributed by atoms with Gasteiger partial charge in [-0.1, -0.05) is 12.1 Å². The molecule has 212 valence electrons. The summed E-state index contributed by atoms with van der Waals surface area (Å²) in [5.41, 5.74) is 3.07. The predicted octanol–water partition coefficient (Wildman–Crippen LogP) is 3.30. The number of ether oxygens (including phenoxy) is 1. The van der Waals surface area contributed by atoms with E-state index in [1.54, 1.807) is 77.7 Å². The molecule has 0 saturated carbocycles. The summed E-state index contributed by atoms with van der Waals surface area (Å²) in [7, 11) is 1.63. The van der Waals surface area contributed by atoms with Gasteiger partial charge in [0, 0.05) is 55.0 Å². The standard InChI is InChI=1S/C26H29F3N8O3/c1-16(24(38)36-7-6-21(14-36)40-2)31-11-19(10-30)18-9-23-32-13-22(37(23)34-12-18)17-4-3-5-20(8-17)35-25(39)33-15-26(27,28)29/h3-5,8-13,16,21,30-31H,6-7,14-15H2,1-2H3,(H2,33,35,39)/b19-11+,30-10?. The van der Waals surface area contributed by atoms with Gasteiger partial charge in [0.15, 0.2) is 5.65 Å². The quantitative estimate of drug-likeness (QED) is 0.298. The number of urea groups is 1. The van der Waals surface area contributed by atoms with Gasteiger partial charge >= 0.3 is 12.2 Å². The first kappa shape index (κ1) is 28.5. The van der Waals surface area contributed by atoms with E-state index in [1.165, 1.54) is 0 Å². The van der Waals surface area contributed by atoms with E-state index in [0.717, 1.165) is 12.6 Å².